The van der Waals surface area contributed by atoms with E-state index in [0.717, 1.165) is 0 Å². The van der Waals surface area contributed by atoms with Crippen LogP contribution in [0.3, 0.4) is 0 Å². The molecular weight excluding hydrogens is 369 g/mol. The Morgan fingerprint density at radius 1 is 1.60 bits per heavy atom. The third kappa shape index (κ3) is 3.54. The molecule has 1 saturated heterocycles. The first-order chi connectivity index (χ1) is 9.38. The van der Waals surface area contributed by atoms with Crippen molar-refractivity contribution in [1.82, 2.24) is 0 Å². The number of rotatable bonds is 3. The molecule has 20 heavy (non-hydrogen) atoms. The number of nitrogens with zero attached hydrogens (tertiary/aromatic N) is 1. The number of carbonyl (C=O) groups excluding carboxylic acids is 2. The summed E-state index contributed by atoms with van der Waals surface area (Å²) in [5.74, 6) is -0.0942. The van der Waals surface area contributed by atoms with Crippen LogP contribution in [0.25, 0.3) is 0 Å². The zero-order valence-electron chi connectivity index (χ0n) is 10.7. The Labute approximate surface area is 134 Å². The summed E-state index contributed by atoms with van der Waals surface area (Å²) in [6.45, 7) is 1.88. The zero-order valence-corrected chi connectivity index (χ0v) is 13.8. The van der Waals surface area contributed by atoms with Crippen molar-refractivity contribution in [3.8, 4) is 0 Å². The van der Waals surface area contributed by atoms with Crippen LogP contribution in [0, 0.1) is 11.7 Å². The normalized spacial score (nSPS) is 18.7. The van der Waals surface area contributed by atoms with Gasteiger partial charge in [-0.15, -0.1) is 0 Å². The average molecular weight is 381 g/mol. The van der Waals surface area contributed by atoms with Crippen LogP contribution in [0.15, 0.2) is 16.6 Å². The molecule has 0 radical (unpaired) electrons. The standard InChI is InChI=1S/C13H12BrClFNO2S/c1-7(18)20-6-8-2-12(19)17(5-8)13-10(15)3-9(14)4-11(13)16/h3-4,8H,2,5-6H2,1H3. The highest BCUT2D eigenvalue weighted by Gasteiger charge is 2.33. The van der Waals surface area contributed by atoms with Gasteiger partial charge in [-0.2, -0.15) is 0 Å². The highest BCUT2D eigenvalue weighted by atomic mass is 79.9. The fourth-order valence-corrected chi connectivity index (χ4v) is 3.70. The van der Waals surface area contributed by atoms with E-state index in [-0.39, 0.29) is 27.7 Å². The Bertz CT molecular complexity index is 546. The zero-order chi connectivity index (χ0) is 14.9. The lowest BCUT2D eigenvalue weighted by atomic mass is 10.1. The summed E-state index contributed by atoms with van der Waals surface area (Å²) >= 11 is 10.4. The fourth-order valence-electron chi connectivity index (χ4n) is 2.14. The van der Waals surface area contributed by atoms with E-state index in [1.54, 1.807) is 6.07 Å². The topological polar surface area (TPSA) is 37.4 Å². The molecule has 0 N–H and O–H groups in total. The van der Waals surface area contributed by atoms with E-state index in [9.17, 15) is 14.0 Å². The number of halogens is 3. The predicted octanol–water partition coefficient (Wildman–Crippen LogP) is 3.87. The van der Waals surface area contributed by atoms with Crippen molar-refractivity contribution in [2.24, 2.45) is 5.92 Å². The van der Waals surface area contributed by atoms with Gasteiger partial charge in [0.05, 0.1) is 10.7 Å². The van der Waals surface area contributed by atoms with Gasteiger partial charge in [-0.3, -0.25) is 9.59 Å². The number of carbonyl (C=O) groups is 2. The van der Waals surface area contributed by atoms with Gasteiger partial charge in [-0.05, 0) is 18.1 Å². The van der Waals surface area contributed by atoms with Gasteiger partial charge in [0.25, 0.3) is 0 Å². The van der Waals surface area contributed by atoms with Gasteiger partial charge in [0, 0.05) is 30.1 Å². The first-order valence-corrected chi connectivity index (χ1v) is 8.12. The molecule has 1 aromatic carbocycles. The molecule has 3 nitrogen and oxygen atoms in total. The van der Waals surface area contributed by atoms with Crippen LogP contribution in [0.5, 0.6) is 0 Å². The first-order valence-electron chi connectivity index (χ1n) is 5.96. The monoisotopic (exact) mass is 379 g/mol. The first kappa shape index (κ1) is 15.8. The van der Waals surface area contributed by atoms with Crippen LogP contribution in [0.1, 0.15) is 13.3 Å². The average Bonchev–Trinajstić information content (AvgIpc) is 2.67. The Kier molecular flexibility index (Phi) is 5.09. The van der Waals surface area contributed by atoms with Gasteiger partial charge in [0.1, 0.15) is 5.82 Å². The van der Waals surface area contributed by atoms with Crippen molar-refractivity contribution in [3.05, 3.63) is 27.4 Å². The molecule has 1 aliphatic heterocycles. The molecule has 108 valence electrons. The molecule has 0 spiro atoms. The Hall–Kier alpha value is -0.590. The summed E-state index contributed by atoms with van der Waals surface area (Å²) in [6, 6.07) is 2.84. The van der Waals surface area contributed by atoms with E-state index >= 15 is 0 Å². The lowest BCUT2D eigenvalue weighted by molar-refractivity contribution is -0.117. The maximum absolute atomic E-state index is 14.0. The highest BCUT2D eigenvalue weighted by molar-refractivity contribution is 9.10. The van der Waals surface area contributed by atoms with Gasteiger partial charge < -0.3 is 4.90 Å². The number of amides is 1. The molecule has 0 saturated carbocycles. The molecule has 0 aliphatic carbocycles. The summed E-state index contributed by atoms with van der Waals surface area (Å²) < 4.78 is 14.5. The smallest absolute Gasteiger partial charge is 0.227 e. The molecule has 7 heteroatoms. The lowest BCUT2D eigenvalue weighted by Gasteiger charge is -2.19. The van der Waals surface area contributed by atoms with Crippen molar-refractivity contribution in [3.63, 3.8) is 0 Å². The molecule has 1 aromatic rings. The maximum atomic E-state index is 14.0. The Morgan fingerprint density at radius 2 is 2.30 bits per heavy atom. The van der Waals surface area contributed by atoms with Crippen LogP contribution < -0.4 is 4.90 Å². The van der Waals surface area contributed by atoms with E-state index in [1.165, 1.54) is 29.7 Å². The molecular formula is C13H12BrClFNO2S. The number of hydrogen-bond acceptors (Lipinski definition) is 3. The molecule has 1 atom stereocenters. The van der Waals surface area contributed by atoms with Crippen molar-refractivity contribution in [2.45, 2.75) is 13.3 Å². The van der Waals surface area contributed by atoms with Crippen LogP contribution in [-0.4, -0.2) is 23.3 Å². The van der Waals surface area contributed by atoms with Gasteiger partial charge >= 0.3 is 0 Å². The van der Waals surface area contributed by atoms with Gasteiger partial charge in [0.2, 0.25) is 5.91 Å². The SMILES string of the molecule is CC(=O)SCC1CC(=O)N(c2c(F)cc(Br)cc2Cl)C1. The molecule has 1 fully saturated rings. The Morgan fingerprint density at radius 3 is 2.90 bits per heavy atom. The van der Waals surface area contributed by atoms with E-state index < -0.39 is 5.82 Å². The maximum Gasteiger partial charge on any atom is 0.227 e. The second-order valence-corrected chi connectivity index (χ2v) is 7.11. The van der Waals surface area contributed by atoms with Crippen molar-refractivity contribution in [2.75, 3.05) is 17.2 Å². The largest absolute Gasteiger partial charge is 0.308 e. The van der Waals surface area contributed by atoms with Crippen LogP contribution in [0.4, 0.5) is 10.1 Å². The lowest BCUT2D eigenvalue weighted by Crippen LogP contribution is -2.26. The second kappa shape index (κ2) is 6.45. The van der Waals surface area contributed by atoms with E-state index in [2.05, 4.69) is 15.9 Å². The van der Waals surface area contributed by atoms with Crippen LogP contribution in [-0.2, 0) is 9.59 Å². The minimum Gasteiger partial charge on any atom is -0.308 e. The van der Waals surface area contributed by atoms with Gasteiger partial charge in [-0.25, -0.2) is 4.39 Å². The highest BCUT2D eigenvalue weighted by Crippen LogP contribution is 2.36. The summed E-state index contributed by atoms with van der Waals surface area (Å²) in [5.41, 5.74) is 0.121. The van der Waals surface area contributed by atoms with Crippen LogP contribution in [0.2, 0.25) is 5.02 Å². The molecule has 0 aromatic heterocycles. The summed E-state index contributed by atoms with van der Waals surface area (Å²) in [5, 5.41) is 0.217. The molecule has 1 amide bonds. The third-order valence-electron chi connectivity index (χ3n) is 2.98. The number of benzene rings is 1. The van der Waals surface area contributed by atoms with Gasteiger partial charge in [-0.1, -0.05) is 39.3 Å². The predicted molar refractivity (Wildman–Crippen MR) is 82.7 cm³/mol. The van der Waals surface area contributed by atoms with Crippen molar-refractivity contribution < 1.29 is 14.0 Å². The summed E-state index contributed by atoms with van der Waals surface area (Å²) in [7, 11) is 0. The summed E-state index contributed by atoms with van der Waals surface area (Å²) in [6.07, 6.45) is 0.312. The molecule has 0 bridgehead atoms. The minimum absolute atomic E-state index is 0.0174. The number of anilines is 1. The molecule has 2 rings (SSSR count). The van der Waals surface area contributed by atoms with Crippen LogP contribution >= 0.6 is 39.3 Å². The second-order valence-electron chi connectivity index (χ2n) is 4.60. The quantitative estimate of drug-likeness (QED) is 0.799. The third-order valence-corrected chi connectivity index (χ3v) is 4.77. The minimum atomic E-state index is -0.530. The molecule has 1 aliphatic rings. The molecule has 1 heterocycles. The van der Waals surface area contributed by atoms with Crippen molar-refractivity contribution >= 4 is 56.0 Å². The van der Waals surface area contributed by atoms with E-state index in [0.29, 0.717) is 23.2 Å². The Balaban J connectivity index is 2.18. The number of hydrogen-bond donors (Lipinski definition) is 0. The molecule has 1 unspecified atom stereocenters. The van der Waals surface area contributed by atoms with Crippen molar-refractivity contribution in [1.29, 1.82) is 0 Å². The fraction of sp³-hybridized carbons (Fsp3) is 0.385. The van der Waals surface area contributed by atoms with E-state index in [1.807, 2.05) is 0 Å². The van der Waals surface area contributed by atoms with Gasteiger partial charge in [0.15, 0.2) is 5.12 Å². The van der Waals surface area contributed by atoms with E-state index in [4.69, 9.17) is 11.6 Å². The summed E-state index contributed by atoms with van der Waals surface area (Å²) in [4.78, 5) is 24.3. The number of thioether (sulfide) groups is 1.